The Hall–Kier alpha value is -4.11. The van der Waals surface area contributed by atoms with E-state index >= 15 is 0 Å². The third-order valence-electron chi connectivity index (χ3n) is 9.81. The number of hydrogen-bond acceptors (Lipinski definition) is 9. The summed E-state index contributed by atoms with van der Waals surface area (Å²) in [5.74, 6) is -0.911. The Labute approximate surface area is 336 Å². The topological polar surface area (TPSA) is 129 Å². The van der Waals surface area contributed by atoms with E-state index in [1.54, 1.807) is 6.08 Å². The summed E-state index contributed by atoms with van der Waals surface area (Å²) in [5, 5.41) is 22.3. The van der Waals surface area contributed by atoms with Crippen LogP contribution in [0.2, 0.25) is 0 Å². The van der Waals surface area contributed by atoms with Crippen LogP contribution < -0.4 is 0 Å². The van der Waals surface area contributed by atoms with Gasteiger partial charge in [0.05, 0.1) is 12.0 Å². The number of carbonyl (C=O) groups is 3. The molecule has 0 radical (unpaired) electrons. The van der Waals surface area contributed by atoms with Crippen LogP contribution in [0, 0.1) is 5.41 Å². The van der Waals surface area contributed by atoms with Gasteiger partial charge in [0.1, 0.15) is 31.3 Å². The predicted octanol–water partition coefficient (Wildman–Crippen LogP) is 9.64. The number of phenolic OH excluding ortho intramolecular Hbond substituents is 2. The van der Waals surface area contributed by atoms with E-state index in [4.69, 9.17) is 18.9 Å². The lowest BCUT2D eigenvalue weighted by Crippen LogP contribution is -2.43. The maximum absolute atomic E-state index is 13.3. The van der Waals surface area contributed by atoms with Crippen LogP contribution in [-0.4, -0.2) is 61.7 Å². The molecule has 0 saturated heterocycles. The number of benzene rings is 2. The minimum Gasteiger partial charge on any atom is -0.507 e. The smallest absolute Gasteiger partial charge is 0.306 e. The highest BCUT2D eigenvalue weighted by Gasteiger charge is 2.37. The van der Waals surface area contributed by atoms with Gasteiger partial charge in [-0.15, -0.1) is 0 Å². The maximum atomic E-state index is 13.3. The Balaban J connectivity index is 2.29. The molecule has 0 fully saturated rings. The summed E-state index contributed by atoms with van der Waals surface area (Å²) in [7, 11) is 1.48. The second kappa shape index (κ2) is 19.4. The Bertz CT molecular complexity index is 1530. The van der Waals surface area contributed by atoms with E-state index in [1.165, 1.54) is 7.11 Å². The zero-order chi connectivity index (χ0) is 42.9. The van der Waals surface area contributed by atoms with Gasteiger partial charge >= 0.3 is 17.9 Å². The van der Waals surface area contributed by atoms with Crippen LogP contribution in [0.4, 0.5) is 0 Å². The van der Waals surface area contributed by atoms with Gasteiger partial charge < -0.3 is 29.2 Å². The zero-order valence-electron chi connectivity index (χ0n) is 36.6. The molecule has 0 amide bonds. The number of allylic oxidation sites excluding steroid dienone is 2. The first-order chi connectivity index (χ1) is 25.6. The second-order valence-corrected chi connectivity index (χ2v) is 19.4. The van der Waals surface area contributed by atoms with Crippen molar-refractivity contribution in [1.29, 1.82) is 0 Å². The Morgan fingerprint density at radius 2 is 0.857 bits per heavy atom. The summed E-state index contributed by atoms with van der Waals surface area (Å²) >= 11 is 0. The molecule has 0 saturated carbocycles. The van der Waals surface area contributed by atoms with Gasteiger partial charge in [-0.05, 0) is 74.3 Å². The fraction of sp³-hybridized carbons (Fsp3) is 0.596. The summed E-state index contributed by atoms with van der Waals surface area (Å²) in [6.45, 7) is 31.3. The van der Waals surface area contributed by atoms with E-state index in [9.17, 15) is 24.6 Å². The van der Waals surface area contributed by atoms with Crippen molar-refractivity contribution in [2.75, 3.05) is 33.5 Å². The number of hydrogen-bond donors (Lipinski definition) is 2. The first-order valence-corrected chi connectivity index (χ1v) is 19.6. The molecule has 0 heterocycles. The average Bonchev–Trinajstić information content (AvgIpc) is 3.08. The van der Waals surface area contributed by atoms with Crippen LogP contribution in [0.25, 0.3) is 0 Å². The molecule has 9 nitrogen and oxygen atoms in total. The first kappa shape index (κ1) is 48.0. The summed E-state index contributed by atoms with van der Waals surface area (Å²) in [6.07, 6.45) is 2.91. The molecule has 312 valence electrons. The highest BCUT2D eigenvalue weighted by atomic mass is 16.6. The number of methoxy groups -OCH3 is 1. The SMILES string of the molecule is C=CC(=C)CCC(=O)OCC(COC)(COC(=O)CCc1cc(C(C)(C)C)c(O)c(C(C)(C)C)c1)COC(=O)CCc1cc(C(C)(C)C)c(O)c(C(C)(C)C)c1. The number of rotatable bonds is 18. The van der Waals surface area contributed by atoms with Gasteiger partial charge in [-0.25, -0.2) is 0 Å². The van der Waals surface area contributed by atoms with Crippen LogP contribution >= 0.6 is 0 Å². The predicted molar refractivity (Wildman–Crippen MR) is 223 cm³/mol. The van der Waals surface area contributed by atoms with E-state index in [0.29, 0.717) is 24.8 Å². The molecule has 0 aromatic heterocycles. The van der Waals surface area contributed by atoms with Crippen molar-refractivity contribution in [3.05, 3.63) is 82.5 Å². The standard InChI is InChI=1S/C47H70O9/c1-16-31(2)17-20-38(48)54-28-47(27-53-15,29-55-39(49)21-18-32-23-34(43(3,4)5)41(51)35(24-32)44(6,7)8)30-56-40(50)22-19-33-25-36(45(9,10)11)42(52)37(26-33)46(12,13)14/h16,23-26,51-52H,1-2,17-22,27-30H2,3-15H3. The lowest BCUT2D eigenvalue weighted by molar-refractivity contribution is -0.166. The number of carbonyl (C=O) groups excluding carboxylic acids is 3. The van der Waals surface area contributed by atoms with Crippen molar-refractivity contribution in [2.45, 2.75) is 143 Å². The van der Waals surface area contributed by atoms with Gasteiger partial charge in [-0.3, -0.25) is 14.4 Å². The van der Waals surface area contributed by atoms with Crippen LogP contribution in [0.1, 0.15) is 142 Å². The molecule has 0 aliphatic carbocycles. The van der Waals surface area contributed by atoms with E-state index < -0.39 is 23.3 Å². The van der Waals surface area contributed by atoms with Gasteiger partial charge in [0.2, 0.25) is 0 Å². The molecule has 0 spiro atoms. The largest absolute Gasteiger partial charge is 0.507 e. The number of ether oxygens (including phenoxy) is 4. The fourth-order valence-electron chi connectivity index (χ4n) is 6.29. The van der Waals surface area contributed by atoms with Crippen molar-refractivity contribution < 1.29 is 43.5 Å². The van der Waals surface area contributed by atoms with E-state index in [1.807, 2.05) is 107 Å². The summed E-state index contributed by atoms with van der Waals surface area (Å²) in [6, 6.07) is 7.77. The van der Waals surface area contributed by atoms with Gasteiger partial charge in [0.25, 0.3) is 0 Å². The number of aromatic hydroxyl groups is 2. The molecule has 0 aliphatic rings. The molecule has 9 heteroatoms. The molecule has 2 rings (SSSR count). The Morgan fingerprint density at radius 3 is 1.12 bits per heavy atom. The van der Waals surface area contributed by atoms with Gasteiger partial charge in [-0.1, -0.05) is 132 Å². The number of aryl methyl sites for hydroxylation is 2. The third kappa shape index (κ3) is 14.4. The second-order valence-electron chi connectivity index (χ2n) is 19.4. The van der Waals surface area contributed by atoms with Gasteiger partial charge in [0, 0.05) is 26.4 Å². The van der Waals surface area contributed by atoms with Crippen molar-refractivity contribution in [3.63, 3.8) is 0 Å². The summed E-state index contributed by atoms with van der Waals surface area (Å²) < 4.78 is 22.8. The van der Waals surface area contributed by atoms with Crippen LogP contribution in [0.3, 0.4) is 0 Å². The van der Waals surface area contributed by atoms with E-state index in [0.717, 1.165) is 33.4 Å². The highest BCUT2D eigenvalue weighted by molar-refractivity contribution is 5.71. The van der Waals surface area contributed by atoms with Crippen molar-refractivity contribution in [1.82, 2.24) is 0 Å². The quantitative estimate of drug-likeness (QED) is 0.0864. The zero-order valence-corrected chi connectivity index (χ0v) is 36.6. The number of phenols is 2. The lowest BCUT2D eigenvalue weighted by Gasteiger charge is -2.31. The average molecular weight is 779 g/mol. The molecule has 0 unspecified atom stereocenters. The van der Waals surface area contributed by atoms with Crippen molar-refractivity contribution in [2.24, 2.45) is 5.41 Å². The normalized spacial score (nSPS) is 12.6. The van der Waals surface area contributed by atoms with E-state index in [2.05, 4.69) is 13.2 Å². The van der Waals surface area contributed by atoms with Crippen molar-refractivity contribution >= 4 is 17.9 Å². The molecule has 56 heavy (non-hydrogen) atoms. The fourth-order valence-corrected chi connectivity index (χ4v) is 6.29. The summed E-state index contributed by atoms with van der Waals surface area (Å²) in [4.78, 5) is 39.4. The van der Waals surface area contributed by atoms with Crippen LogP contribution in [-0.2, 0) is 67.8 Å². The summed E-state index contributed by atoms with van der Waals surface area (Å²) in [5.41, 5.74) is 3.29. The van der Waals surface area contributed by atoms with Gasteiger partial charge in [-0.2, -0.15) is 0 Å². The molecular formula is C47H70O9. The third-order valence-corrected chi connectivity index (χ3v) is 9.81. The minimum atomic E-state index is -1.18. The molecule has 2 N–H and O–H groups in total. The Morgan fingerprint density at radius 1 is 0.554 bits per heavy atom. The molecule has 2 aromatic rings. The highest BCUT2D eigenvalue weighted by Crippen LogP contribution is 2.41. The van der Waals surface area contributed by atoms with Crippen molar-refractivity contribution in [3.8, 4) is 11.5 Å². The molecule has 0 bridgehead atoms. The van der Waals surface area contributed by atoms with Crippen LogP contribution in [0.5, 0.6) is 11.5 Å². The maximum Gasteiger partial charge on any atom is 0.306 e. The molecule has 0 atom stereocenters. The minimum absolute atomic E-state index is 0.0239. The first-order valence-electron chi connectivity index (χ1n) is 19.6. The Kier molecular flexibility index (Phi) is 16.6. The van der Waals surface area contributed by atoms with Crippen LogP contribution in [0.15, 0.2) is 49.1 Å². The molecule has 0 aliphatic heterocycles. The molecule has 2 aromatic carbocycles. The lowest BCUT2D eigenvalue weighted by atomic mass is 9.78. The monoisotopic (exact) mass is 779 g/mol. The van der Waals surface area contributed by atoms with E-state index in [-0.39, 0.29) is 78.8 Å². The number of esters is 3. The van der Waals surface area contributed by atoms with Gasteiger partial charge in [0.15, 0.2) is 0 Å². The molecular weight excluding hydrogens is 709 g/mol.